The van der Waals surface area contributed by atoms with Gasteiger partial charge in [0.15, 0.2) is 0 Å². The Morgan fingerprint density at radius 3 is 2.67 bits per heavy atom. The zero-order chi connectivity index (χ0) is 21.7. The SMILES string of the molecule is COc1cccc(C2CN(C(=O)NC(C)(C)C)CC2C(=O)NCc2cccnc2)c1. The summed E-state index contributed by atoms with van der Waals surface area (Å²) in [5.74, 6) is 0.205. The summed E-state index contributed by atoms with van der Waals surface area (Å²) in [7, 11) is 1.62. The van der Waals surface area contributed by atoms with Gasteiger partial charge < -0.3 is 20.3 Å². The molecule has 2 atom stereocenters. The summed E-state index contributed by atoms with van der Waals surface area (Å²) in [4.78, 5) is 31.7. The van der Waals surface area contributed by atoms with Gasteiger partial charge in [-0.3, -0.25) is 9.78 Å². The van der Waals surface area contributed by atoms with E-state index >= 15 is 0 Å². The Labute approximate surface area is 177 Å². The molecule has 2 aromatic rings. The number of pyridine rings is 1. The van der Waals surface area contributed by atoms with E-state index in [4.69, 9.17) is 4.74 Å². The first-order valence-electron chi connectivity index (χ1n) is 10.1. The van der Waals surface area contributed by atoms with Crippen LogP contribution in [0.15, 0.2) is 48.8 Å². The second kappa shape index (κ2) is 9.15. The van der Waals surface area contributed by atoms with Crippen LogP contribution >= 0.6 is 0 Å². The van der Waals surface area contributed by atoms with E-state index in [0.717, 1.165) is 16.9 Å². The predicted octanol–water partition coefficient (Wildman–Crippen LogP) is 2.93. The van der Waals surface area contributed by atoms with Gasteiger partial charge >= 0.3 is 6.03 Å². The molecular formula is C23H30N4O3. The van der Waals surface area contributed by atoms with Crippen LogP contribution in [-0.2, 0) is 11.3 Å². The molecule has 2 unspecified atom stereocenters. The van der Waals surface area contributed by atoms with E-state index in [1.54, 1.807) is 24.4 Å². The highest BCUT2D eigenvalue weighted by molar-refractivity contribution is 5.83. The number of hydrogen-bond acceptors (Lipinski definition) is 4. The van der Waals surface area contributed by atoms with Gasteiger partial charge in [0.1, 0.15) is 5.75 Å². The Hall–Kier alpha value is -3.09. The number of amides is 3. The Bertz CT molecular complexity index is 880. The average Bonchev–Trinajstić information content (AvgIpc) is 3.17. The third kappa shape index (κ3) is 5.49. The first kappa shape index (κ1) is 21.6. The Morgan fingerprint density at radius 2 is 2.00 bits per heavy atom. The second-order valence-electron chi connectivity index (χ2n) is 8.65. The summed E-state index contributed by atoms with van der Waals surface area (Å²) in [5.41, 5.74) is 1.58. The molecule has 160 valence electrons. The fourth-order valence-corrected chi connectivity index (χ4v) is 3.67. The minimum Gasteiger partial charge on any atom is -0.497 e. The average molecular weight is 411 g/mol. The summed E-state index contributed by atoms with van der Waals surface area (Å²) >= 11 is 0. The number of carbonyl (C=O) groups excluding carboxylic acids is 2. The number of likely N-dealkylation sites (tertiary alicyclic amines) is 1. The molecular weight excluding hydrogens is 380 g/mol. The summed E-state index contributed by atoms with van der Waals surface area (Å²) in [5, 5.41) is 6.00. The maximum atomic E-state index is 13.1. The Kier molecular flexibility index (Phi) is 6.59. The van der Waals surface area contributed by atoms with E-state index < -0.39 is 0 Å². The van der Waals surface area contributed by atoms with Gasteiger partial charge in [0.2, 0.25) is 5.91 Å². The van der Waals surface area contributed by atoms with Crippen LogP contribution in [0, 0.1) is 5.92 Å². The van der Waals surface area contributed by atoms with Crippen LogP contribution in [0.2, 0.25) is 0 Å². The Balaban J connectivity index is 1.78. The predicted molar refractivity (Wildman–Crippen MR) is 115 cm³/mol. The molecule has 1 aromatic carbocycles. The number of nitrogens with one attached hydrogen (secondary N) is 2. The topological polar surface area (TPSA) is 83.6 Å². The van der Waals surface area contributed by atoms with Crippen LogP contribution in [-0.4, -0.2) is 47.6 Å². The molecule has 0 bridgehead atoms. The van der Waals surface area contributed by atoms with E-state index in [0.29, 0.717) is 19.6 Å². The van der Waals surface area contributed by atoms with Crippen LogP contribution in [0.4, 0.5) is 4.79 Å². The maximum absolute atomic E-state index is 13.1. The molecule has 30 heavy (non-hydrogen) atoms. The quantitative estimate of drug-likeness (QED) is 0.794. The molecule has 2 heterocycles. The molecule has 0 spiro atoms. The standard InChI is InChI=1S/C23H30N4O3/c1-23(2,3)26-22(29)27-14-19(17-8-5-9-18(11-17)30-4)20(15-27)21(28)25-13-16-7-6-10-24-12-16/h5-12,19-20H,13-15H2,1-4H3,(H,25,28)(H,26,29). The minimum absolute atomic E-state index is 0.0715. The van der Waals surface area contributed by atoms with Crippen molar-refractivity contribution in [3.63, 3.8) is 0 Å². The lowest BCUT2D eigenvalue weighted by Crippen LogP contribution is -2.48. The van der Waals surface area contributed by atoms with Crippen molar-refractivity contribution in [2.45, 2.75) is 38.8 Å². The van der Waals surface area contributed by atoms with E-state index in [1.165, 1.54) is 0 Å². The van der Waals surface area contributed by atoms with Crippen LogP contribution in [0.1, 0.15) is 37.8 Å². The monoisotopic (exact) mass is 410 g/mol. The smallest absolute Gasteiger partial charge is 0.317 e. The first-order chi connectivity index (χ1) is 14.3. The van der Waals surface area contributed by atoms with Crippen molar-refractivity contribution in [1.82, 2.24) is 20.5 Å². The molecule has 1 aromatic heterocycles. The number of aromatic nitrogens is 1. The van der Waals surface area contributed by atoms with Crippen LogP contribution in [0.25, 0.3) is 0 Å². The number of nitrogens with zero attached hydrogens (tertiary/aromatic N) is 2. The Morgan fingerprint density at radius 1 is 1.20 bits per heavy atom. The summed E-state index contributed by atoms with van der Waals surface area (Å²) in [6.45, 7) is 7.07. The van der Waals surface area contributed by atoms with Crippen molar-refractivity contribution in [3.8, 4) is 5.75 Å². The number of urea groups is 1. The first-order valence-corrected chi connectivity index (χ1v) is 10.1. The summed E-state index contributed by atoms with van der Waals surface area (Å²) in [6, 6.07) is 11.3. The number of benzene rings is 1. The molecule has 3 rings (SSSR count). The molecule has 7 nitrogen and oxygen atoms in total. The number of ether oxygens (including phenoxy) is 1. The van der Waals surface area contributed by atoms with Crippen LogP contribution in [0.5, 0.6) is 5.75 Å². The summed E-state index contributed by atoms with van der Waals surface area (Å²) < 4.78 is 5.36. The van der Waals surface area contributed by atoms with Gasteiger partial charge in [0.25, 0.3) is 0 Å². The van der Waals surface area contributed by atoms with Crippen molar-refractivity contribution in [2.24, 2.45) is 5.92 Å². The number of hydrogen-bond donors (Lipinski definition) is 2. The highest BCUT2D eigenvalue weighted by Gasteiger charge is 2.41. The molecule has 1 fully saturated rings. The van der Waals surface area contributed by atoms with Crippen molar-refractivity contribution in [1.29, 1.82) is 0 Å². The second-order valence-corrected chi connectivity index (χ2v) is 8.65. The lowest BCUT2D eigenvalue weighted by atomic mass is 9.88. The minimum atomic E-state index is -0.348. The molecule has 2 N–H and O–H groups in total. The molecule has 1 saturated heterocycles. The number of rotatable bonds is 5. The zero-order valence-electron chi connectivity index (χ0n) is 18.0. The van der Waals surface area contributed by atoms with E-state index in [9.17, 15) is 9.59 Å². The van der Waals surface area contributed by atoms with Gasteiger partial charge in [-0.25, -0.2) is 4.79 Å². The normalized spacial score (nSPS) is 18.7. The molecule has 0 radical (unpaired) electrons. The molecule has 1 aliphatic rings. The van der Waals surface area contributed by atoms with Gasteiger partial charge in [0.05, 0.1) is 13.0 Å². The van der Waals surface area contributed by atoms with E-state index in [1.807, 2.05) is 57.2 Å². The van der Waals surface area contributed by atoms with Gasteiger partial charge in [-0.2, -0.15) is 0 Å². The lowest BCUT2D eigenvalue weighted by molar-refractivity contribution is -0.125. The molecule has 7 heteroatoms. The van der Waals surface area contributed by atoms with Crippen molar-refractivity contribution >= 4 is 11.9 Å². The molecule has 1 aliphatic heterocycles. The largest absolute Gasteiger partial charge is 0.497 e. The van der Waals surface area contributed by atoms with E-state index in [-0.39, 0.29) is 29.3 Å². The van der Waals surface area contributed by atoms with Gasteiger partial charge in [-0.1, -0.05) is 18.2 Å². The molecule has 0 saturated carbocycles. The number of carbonyl (C=O) groups is 2. The fraction of sp³-hybridized carbons (Fsp3) is 0.435. The highest BCUT2D eigenvalue weighted by Crippen LogP contribution is 2.34. The van der Waals surface area contributed by atoms with Gasteiger partial charge in [0, 0.05) is 43.5 Å². The highest BCUT2D eigenvalue weighted by atomic mass is 16.5. The molecule has 3 amide bonds. The van der Waals surface area contributed by atoms with E-state index in [2.05, 4.69) is 15.6 Å². The number of methoxy groups -OCH3 is 1. The summed E-state index contributed by atoms with van der Waals surface area (Å²) in [6.07, 6.45) is 3.43. The zero-order valence-corrected chi connectivity index (χ0v) is 18.0. The molecule has 0 aliphatic carbocycles. The third-order valence-corrected chi connectivity index (χ3v) is 5.14. The third-order valence-electron chi connectivity index (χ3n) is 5.14. The van der Waals surface area contributed by atoms with Crippen LogP contribution in [0.3, 0.4) is 0 Å². The van der Waals surface area contributed by atoms with Gasteiger partial charge in [-0.15, -0.1) is 0 Å². The lowest BCUT2D eigenvalue weighted by Gasteiger charge is -2.25. The van der Waals surface area contributed by atoms with Gasteiger partial charge in [-0.05, 0) is 50.1 Å². The van der Waals surface area contributed by atoms with Crippen LogP contribution < -0.4 is 15.4 Å². The maximum Gasteiger partial charge on any atom is 0.317 e. The van der Waals surface area contributed by atoms with Crippen molar-refractivity contribution in [3.05, 3.63) is 59.9 Å². The van der Waals surface area contributed by atoms with Crippen molar-refractivity contribution < 1.29 is 14.3 Å². The fourth-order valence-electron chi connectivity index (χ4n) is 3.67. The van der Waals surface area contributed by atoms with Crippen molar-refractivity contribution in [2.75, 3.05) is 20.2 Å².